The standard InChI is InChI=1S/C18H29N5O4S/c1-13-11-15(19-18(24)16-12-17(27-20-16)14-3-4-14)5-6-23(13)28(25,26)22-9-7-21(2)8-10-22/h12-15H,3-11H2,1-2H3,(H,19,24)/t13-,15-/m0/s1. The van der Waals surface area contributed by atoms with E-state index < -0.39 is 10.2 Å². The van der Waals surface area contributed by atoms with Gasteiger partial charge in [0.15, 0.2) is 5.69 Å². The summed E-state index contributed by atoms with van der Waals surface area (Å²) in [5.41, 5.74) is 0.307. The van der Waals surface area contributed by atoms with Crippen molar-refractivity contribution in [2.45, 2.75) is 50.6 Å². The van der Waals surface area contributed by atoms with E-state index in [4.69, 9.17) is 4.52 Å². The number of piperazine rings is 1. The molecule has 156 valence electrons. The number of nitrogens with one attached hydrogen (secondary N) is 1. The molecular weight excluding hydrogens is 382 g/mol. The molecule has 0 radical (unpaired) electrons. The van der Waals surface area contributed by atoms with Crippen LogP contribution in [0, 0.1) is 0 Å². The number of likely N-dealkylation sites (N-methyl/N-ethyl adjacent to an activating group) is 1. The average molecular weight is 412 g/mol. The molecule has 1 saturated carbocycles. The number of aromatic nitrogens is 1. The Morgan fingerprint density at radius 2 is 1.89 bits per heavy atom. The minimum atomic E-state index is -3.46. The fourth-order valence-corrected chi connectivity index (χ4v) is 5.81. The van der Waals surface area contributed by atoms with Crippen LogP contribution in [0.1, 0.15) is 54.8 Å². The third-order valence-electron chi connectivity index (χ3n) is 5.98. The van der Waals surface area contributed by atoms with Gasteiger partial charge in [-0.15, -0.1) is 0 Å². The van der Waals surface area contributed by atoms with Gasteiger partial charge in [0.25, 0.3) is 16.1 Å². The van der Waals surface area contributed by atoms with Crippen molar-refractivity contribution in [2.75, 3.05) is 39.8 Å². The van der Waals surface area contributed by atoms with E-state index in [1.54, 1.807) is 14.7 Å². The van der Waals surface area contributed by atoms with Crippen LogP contribution in [0.15, 0.2) is 10.6 Å². The van der Waals surface area contributed by atoms with Crippen molar-refractivity contribution in [2.24, 2.45) is 0 Å². The van der Waals surface area contributed by atoms with Crippen LogP contribution in [0.5, 0.6) is 0 Å². The highest BCUT2D eigenvalue weighted by molar-refractivity contribution is 7.86. The molecule has 9 nitrogen and oxygen atoms in total. The molecule has 0 spiro atoms. The first-order chi connectivity index (χ1) is 13.3. The largest absolute Gasteiger partial charge is 0.360 e. The third kappa shape index (κ3) is 4.10. The number of piperidine rings is 1. The van der Waals surface area contributed by atoms with Crippen LogP contribution in [0.25, 0.3) is 0 Å². The minimum absolute atomic E-state index is 0.0671. The molecule has 10 heteroatoms. The zero-order valence-corrected chi connectivity index (χ0v) is 17.3. The Kier molecular flexibility index (Phi) is 5.47. The van der Waals surface area contributed by atoms with E-state index in [-0.39, 0.29) is 18.0 Å². The number of carbonyl (C=O) groups excluding carboxylic acids is 1. The van der Waals surface area contributed by atoms with Gasteiger partial charge in [0.05, 0.1) is 0 Å². The predicted molar refractivity (Wildman–Crippen MR) is 103 cm³/mol. The first-order valence-corrected chi connectivity index (χ1v) is 11.5. The summed E-state index contributed by atoms with van der Waals surface area (Å²) < 4.78 is 34.4. The minimum Gasteiger partial charge on any atom is -0.360 e. The second-order valence-electron chi connectivity index (χ2n) is 8.25. The molecule has 1 aromatic heterocycles. The molecule has 0 bridgehead atoms. The van der Waals surface area contributed by atoms with Crippen molar-refractivity contribution >= 4 is 16.1 Å². The van der Waals surface area contributed by atoms with Crippen molar-refractivity contribution in [3.63, 3.8) is 0 Å². The molecule has 2 saturated heterocycles. The van der Waals surface area contributed by atoms with Crippen molar-refractivity contribution in [1.29, 1.82) is 0 Å². The van der Waals surface area contributed by atoms with Gasteiger partial charge < -0.3 is 14.7 Å². The topological polar surface area (TPSA) is 99.0 Å². The Morgan fingerprint density at radius 1 is 1.18 bits per heavy atom. The van der Waals surface area contributed by atoms with E-state index in [9.17, 15) is 13.2 Å². The molecule has 4 rings (SSSR count). The lowest BCUT2D eigenvalue weighted by Gasteiger charge is -2.41. The Bertz CT molecular complexity index is 814. The SMILES string of the molecule is C[C@H]1C[C@@H](NC(=O)c2cc(C3CC3)on2)CCN1S(=O)(=O)N1CCN(C)CC1. The summed E-state index contributed by atoms with van der Waals surface area (Å²) in [6.45, 7) is 4.87. The van der Waals surface area contributed by atoms with Gasteiger partial charge in [-0.25, -0.2) is 0 Å². The lowest BCUT2D eigenvalue weighted by molar-refractivity contribution is 0.0903. The lowest BCUT2D eigenvalue weighted by Crippen LogP contribution is -2.57. The number of hydrogen-bond acceptors (Lipinski definition) is 6. The fourth-order valence-electron chi connectivity index (χ4n) is 4.01. The van der Waals surface area contributed by atoms with Crippen molar-refractivity contribution < 1.29 is 17.7 Å². The van der Waals surface area contributed by atoms with E-state index in [0.717, 1.165) is 31.7 Å². The summed E-state index contributed by atoms with van der Waals surface area (Å²) in [7, 11) is -1.46. The van der Waals surface area contributed by atoms with Gasteiger partial charge in [0.1, 0.15) is 5.76 Å². The smallest absolute Gasteiger partial charge is 0.282 e. The molecule has 0 unspecified atom stereocenters. The van der Waals surface area contributed by atoms with Crippen LogP contribution in [0.4, 0.5) is 0 Å². The maximum atomic E-state index is 13.0. The van der Waals surface area contributed by atoms with E-state index in [1.165, 1.54) is 0 Å². The molecule has 0 aromatic carbocycles. The Balaban J connectivity index is 1.33. The van der Waals surface area contributed by atoms with Crippen LogP contribution < -0.4 is 5.32 Å². The highest BCUT2D eigenvalue weighted by atomic mass is 32.2. The molecule has 1 N–H and O–H groups in total. The van der Waals surface area contributed by atoms with Gasteiger partial charge in [0, 0.05) is 56.8 Å². The normalized spacial score (nSPS) is 28.4. The summed E-state index contributed by atoms with van der Waals surface area (Å²) in [5, 5.41) is 6.87. The average Bonchev–Trinajstić information content (AvgIpc) is 3.38. The van der Waals surface area contributed by atoms with Gasteiger partial charge >= 0.3 is 0 Å². The fraction of sp³-hybridized carbons (Fsp3) is 0.778. The van der Waals surface area contributed by atoms with Crippen molar-refractivity contribution in [3.8, 4) is 0 Å². The second kappa shape index (κ2) is 7.74. The molecule has 28 heavy (non-hydrogen) atoms. The number of rotatable bonds is 5. The summed E-state index contributed by atoms with van der Waals surface area (Å²) in [6, 6.07) is 1.49. The summed E-state index contributed by atoms with van der Waals surface area (Å²) >= 11 is 0. The molecule has 2 atom stereocenters. The van der Waals surface area contributed by atoms with Crippen LogP contribution in [-0.4, -0.2) is 84.8 Å². The van der Waals surface area contributed by atoms with E-state index >= 15 is 0 Å². The van der Waals surface area contributed by atoms with Crippen molar-refractivity contribution in [1.82, 2.24) is 24.0 Å². The molecule has 1 amide bonds. The van der Waals surface area contributed by atoms with E-state index in [2.05, 4.69) is 15.4 Å². The van der Waals surface area contributed by atoms with Crippen LogP contribution >= 0.6 is 0 Å². The highest BCUT2D eigenvalue weighted by Gasteiger charge is 2.38. The van der Waals surface area contributed by atoms with E-state index in [0.29, 0.717) is 44.1 Å². The van der Waals surface area contributed by atoms with Crippen LogP contribution in [-0.2, 0) is 10.2 Å². The predicted octanol–water partition coefficient (Wildman–Crippen LogP) is 0.627. The molecule has 1 aliphatic carbocycles. The van der Waals surface area contributed by atoms with Gasteiger partial charge in [0.2, 0.25) is 0 Å². The summed E-state index contributed by atoms with van der Waals surface area (Å²) in [4.78, 5) is 14.6. The lowest BCUT2D eigenvalue weighted by atomic mass is 10.0. The van der Waals surface area contributed by atoms with Crippen molar-refractivity contribution in [3.05, 3.63) is 17.5 Å². The maximum Gasteiger partial charge on any atom is 0.282 e. The monoisotopic (exact) mass is 411 g/mol. The van der Waals surface area contributed by atoms with Crippen LogP contribution in [0.3, 0.4) is 0 Å². The number of carbonyl (C=O) groups is 1. The molecule has 1 aromatic rings. The molecular formula is C18H29N5O4S. The molecule has 3 heterocycles. The number of amides is 1. The Labute approximate surface area is 166 Å². The second-order valence-corrected chi connectivity index (χ2v) is 10.1. The molecule has 3 fully saturated rings. The molecule has 3 aliphatic rings. The number of nitrogens with zero attached hydrogens (tertiary/aromatic N) is 4. The van der Waals surface area contributed by atoms with Gasteiger partial charge in [-0.05, 0) is 39.7 Å². The first kappa shape index (κ1) is 19.8. The quantitative estimate of drug-likeness (QED) is 0.763. The Hall–Kier alpha value is -1.49. The number of hydrogen-bond donors (Lipinski definition) is 1. The zero-order chi connectivity index (χ0) is 19.9. The van der Waals surface area contributed by atoms with Gasteiger partial charge in [-0.1, -0.05) is 5.16 Å². The van der Waals surface area contributed by atoms with E-state index in [1.807, 2.05) is 14.0 Å². The van der Waals surface area contributed by atoms with Gasteiger partial charge in [-0.3, -0.25) is 4.79 Å². The first-order valence-electron chi connectivity index (χ1n) is 10.1. The highest BCUT2D eigenvalue weighted by Crippen LogP contribution is 2.40. The van der Waals surface area contributed by atoms with Gasteiger partial charge in [-0.2, -0.15) is 17.0 Å². The molecule has 2 aliphatic heterocycles. The van der Waals surface area contributed by atoms with Crippen LogP contribution in [0.2, 0.25) is 0 Å². The summed E-state index contributed by atoms with van der Waals surface area (Å²) in [6.07, 6.45) is 3.37. The zero-order valence-electron chi connectivity index (χ0n) is 16.5. The summed E-state index contributed by atoms with van der Waals surface area (Å²) in [5.74, 6) is 0.951. The maximum absolute atomic E-state index is 13.0. The Morgan fingerprint density at radius 3 is 2.54 bits per heavy atom. The third-order valence-corrected chi connectivity index (χ3v) is 8.13.